The molecule has 0 atom stereocenters. The van der Waals surface area contributed by atoms with Gasteiger partial charge in [-0.1, -0.05) is 12.8 Å². The van der Waals surface area contributed by atoms with E-state index in [-0.39, 0.29) is 18.5 Å². The number of nitrogens with one attached hydrogen (secondary N) is 1. The second-order valence-electron chi connectivity index (χ2n) is 4.34. The highest BCUT2D eigenvalue weighted by Crippen LogP contribution is 2.23. The Kier molecular flexibility index (Phi) is 5.24. The third-order valence-electron chi connectivity index (χ3n) is 3.03. The summed E-state index contributed by atoms with van der Waals surface area (Å²) in [6.45, 7) is 1.09. The van der Waals surface area contributed by atoms with Crippen molar-refractivity contribution >= 4 is 5.91 Å². The van der Waals surface area contributed by atoms with E-state index in [1.54, 1.807) is 4.90 Å². The maximum Gasteiger partial charge on any atom is 0.401 e. The third kappa shape index (κ3) is 4.93. The van der Waals surface area contributed by atoms with Crippen LogP contribution in [0.2, 0.25) is 0 Å². The molecule has 17 heavy (non-hydrogen) atoms. The highest BCUT2D eigenvalue weighted by molar-refractivity contribution is 5.78. The fourth-order valence-electron chi connectivity index (χ4n) is 2.27. The van der Waals surface area contributed by atoms with Gasteiger partial charge in [-0.15, -0.1) is 0 Å². The van der Waals surface area contributed by atoms with Crippen molar-refractivity contribution in [3.63, 3.8) is 0 Å². The monoisotopic (exact) mass is 252 g/mol. The van der Waals surface area contributed by atoms with Gasteiger partial charge in [0.05, 0.1) is 13.1 Å². The fourth-order valence-corrected chi connectivity index (χ4v) is 2.27. The molecule has 0 aliphatic heterocycles. The van der Waals surface area contributed by atoms with Gasteiger partial charge in [-0.3, -0.25) is 4.79 Å². The summed E-state index contributed by atoms with van der Waals surface area (Å²) in [5, 5.41) is 2.15. The van der Waals surface area contributed by atoms with Crippen LogP contribution in [0.3, 0.4) is 0 Å². The number of nitrogens with zero attached hydrogens (tertiary/aromatic N) is 1. The number of amides is 1. The zero-order chi connectivity index (χ0) is 12.9. The minimum Gasteiger partial charge on any atom is -0.339 e. The average Bonchev–Trinajstić information content (AvgIpc) is 2.70. The zero-order valence-corrected chi connectivity index (χ0v) is 10.0. The van der Waals surface area contributed by atoms with Crippen LogP contribution in [0, 0.1) is 0 Å². The van der Waals surface area contributed by atoms with Gasteiger partial charge in [0.1, 0.15) is 0 Å². The summed E-state index contributed by atoms with van der Waals surface area (Å²) in [6.07, 6.45) is -0.114. The van der Waals surface area contributed by atoms with Crippen LogP contribution in [0.25, 0.3) is 0 Å². The molecule has 0 aromatic heterocycles. The fraction of sp³-hybridized carbons (Fsp3) is 0.909. The Balaban J connectivity index is 2.33. The summed E-state index contributed by atoms with van der Waals surface area (Å²) < 4.78 is 35.7. The van der Waals surface area contributed by atoms with Gasteiger partial charge < -0.3 is 10.2 Å². The van der Waals surface area contributed by atoms with Crippen molar-refractivity contribution in [1.29, 1.82) is 0 Å². The van der Waals surface area contributed by atoms with E-state index in [1.807, 2.05) is 6.92 Å². The van der Waals surface area contributed by atoms with E-state index in [9.17, 15) is 18.0 Å². The van der Waals surface area contributed by atoms with Gasteiger partial charge in [-0.25, -0.2) is 0 Å². The van der Waals surface area contributed by atoms with Crippen molar-refractivity contribution in [2.75, 3.05) is 19.6 Å². The number of rotatable bonds is 5. The molecule has 1 rings (SSSR count). The molecule has 1 N–H and O–H groups in total. The van der Waals surface area contributed by atoms with Gasteiger partial charge in [0.15, 0.2) is 0 Å². The minimum absolute atomic E-state index is 0.222. The molecular formula is C11H19F3N2O. The second kappa shape index (κ2) is 6.23. The van der Waals surface area contributed by atoms with E-state index >= 15 is 0 Å². The van der Waals surface area contributed by atoms with Crippen molar-refractivity contribution in [3.05, 3.63) is 0 Å². The smallest absolute Gasteiger partial charge is 0.339 e. The van der Waals surface area contributed by atoms with Gasteiger partial charge in [-0.2, -0.15) is 13.2 Å². The number of carbonyl (C=O) groups is 1. The quantitative estimate of drug-likeness (QED) is 0.811. The molecule has 6 heteroatoms. The lowest BCUT2D eigenvalue weighted by molar-refractivity contribution is -0.135. The average molecular weight is 252 g/mol. The normalized spacial score (nSPS) is 17.4. The second-order valence-corrected chi connectivity index (χ2v) is 4.34. The largest absolute Gasteiger partial charge is 0.401 e. The first-order valence-electron chi connectivity index (χ1n) is 6.01. The van der Waals surface area contributed by atoms with E-state index in [0.29, 0.717) is 6.54 Å². The van der Waals surface area contributed by atoms with E-state index in [2.05, 4.69) is 5.32 Å². The number of hydrogen-bond donors (Lipinski definition) is 1. The lowest BCUT2D eigenvalue weighted by Gasteiger charge is -2.27. The van der Waals surface area contributed by atoms with Crippen molar-refractivity contribution in [1.82, 2.24) is 10.2 Å². The topological polar surface area (TPSA) is 32.3 Å². The Morgan fingerprint density at radius 3 is 2.41 bits per heavy atom. The third-order valence-corrected chi connectivity index (χ3v) is 3.03. The molecule has 0 aromatic rings. The van der Waals surface area contributed by atoms with Crippen molar-refractivity contribution in [3.8, 4) is 0 Å². The minimum atomic E-state index is -4.26. The van der Waals surface area contributed by atoms with E-state index in [4.69, 9.17) is 0 Å². The maximum absolute atomic E-state index is 11.9. The standard InChI is InChI=1S/C11H19F3N2O/c1-2-16(9-5-3-4-6-9)10(17)7-15-8-11(12,13)14/h9,15H,2-8H2,1H3. The Hall–Kier alpha value is -0.780. The number of alkyl halides is 3. The molecule has 0 aromatic carbocycles. The predicted molar refractivity (Wildman–Crippen MR) is 58.6 cm³/mol. The Bertz CT molecular complexity index is 250. The summed E-state index contributed by atoms with van der Waals surface area (Å²) in [6, 6.07) is 0.222. The summed E-state index contributed by atoms with van der Waals surface area (Å²) in [5.41, 5.74) is 0. The van der Waals surface area contributed by atoms with Crippen LogP contribution in [-0.4, -0.2) is 42.7 Å². The molecule has 0 bridgehead atoms. The van der Waals surface area contributed by atoms with E-state index in [1.165, 1.54) is 0 Å². The first kappa shape index (κ1) is 14.3. The van der Waals surface area contributed by atoms with Crippen LogP contribution in [0.5, 0.6) is 0 Å². The summed E-state index contributed by atoms with van der Waals surface area (Å²) in [7, 11) is 0. The summed E-state index contributed by atoms with van der Waals surface area (Å²) >= 11 is 0. The molecule has 0 unspecified atom stereocenters. The van der Waals surface area contributed by atoms with Gasteiger partial charge in [-0.05, 0) is 19.8 Å². The van der Waals surface area contributed by atoms with Gasteiger partial charge in [0.2, 0.25) is 5.91 Å². The highest BCUT2D eigenvalue weighted by Gasteiger charge is 2.28. The lowest BCUT2D eigenvalue weighted by atomic mass is 10.2. The maximum atomic E-state index is 11.9. The molecule has 100 valence electrons. The first-order valence-corrected chi connectivity index (χ1v) is 6.01. The highest BCUT2D eigenvalue weighted by atomic mass is 19.4. The predicted octanol–water partition coefficient (Wildman–Crippen LogP) is 1.93. The van der Waals surface area contributed by atoms with Crippen LogP contribution < -0.4 is 5.32 Å². The number of carbonyl (C=O) groups excluding carboxylic acids is 1. The van der Waals surface area contributed by atoms with Crippen LogP contribution in [0.1, 0.15) is 32.6 Å². The molecule has 1 aliphatic rings. The molecule has 0 heterocycles. The SMILES string of the molecule is CCN(C(=O)CNCC(F)(F)F)C1CCCC1. The van der Waals surface area contributed by atoms with Crippen LogP contribution in [0.4, 0.5) is 13.2 Å². The number of hydrogen-bond acceptors (Lipinski definition) is 2. The number of halogens is 3. The molecule has 0 radical (unpaired) electrons. The number of likely N-dealkylation sites (N-methyl/N-ethyl adjacent to an activating group) is 1. The van der Waals surface area contributed by atoms with Gasteiger partial charge >= 0.3 is 6.18 Å². The van der Waals surface area contributed by atoms with Crippen LogP contribution >= 0.6 is 0 Å². The summed E-state index contributed by atoms with van der Waals surface area (Å²) in [5.74, 6) is -0.233. The van der Waals surface area contributed by atoms with E-state index in [0.717, 1.165) is 25.7 Å². The van der Waals surface area contributed by atoms with E-state index < -0.39 is 12.7 Å². The first-order chi connectivity index (χ1) is 7.94. The Morgan fingerprint density at radius 1 is 1.35 bits per heavy atom. The molecule has 3 nitrogen and oxygen atoms in total. The van der Waals surface area contributed by atoms with Gasteiger partial charge in [0, 0.05) is 12.6 Å². The van der Waals surface area contributed by atoms with Crippen molar-refractivity contribution in [2.45, 2.75) is 44.8 Å². The molecule has 0 saturated heterocycles. The summed E-state index contributed by atoms with van der Waals surface area (Å²) in [4.78, 5) is 13.4. The van der Waals surface area contributed by atoms with Crippen molar-refractivity contribution in [2.24, 2.45) is 0 Å². The molecule has 1 saturated carbocycles. The lowest BCUT2D eigenvalue weighted by Crippen LogP contribution is -2.44. The Labute approximate surface area is 99.4 Å². The zero-order valence-electron chi connectivity index (χ0n) is 10.0. The van der Waals surface area contributed by atoms with Crippen molar-refractivity contribution < 1.29 is 18.0 Å². The van der Waals surface area contributed by atoms with Crippen LogP contribution in [0.15, 0.2) is 0 Å². The molecule has 1 aliphatic carbocycles. The molecule has 1 amide bonds. The molecule has 1 fully saturated rings. The molecular weight excluding hydrogens is 233 g/mol. The van der Waals surface area contributed by atoms with Gasteiger partial charge in [0.25, 0.3) is 0 Å². The Morgan fingerprint density at radius 2 is 1.94 bits per heavy atom. The van der Waals surface area contributed by atoms with Crippen LogP contribution in [-0.2, 0) is 4.79 Å². The molecule has 0 spiro atoms.